The molecule has 4 heteroatoms. The van der Waals surface area contributed by atoms with E-state index in [0.29, 0.717) is 17.5 Å². The van der Waals surface area contributed by atoms with Crippen molar-refractivity contribution in [3.05, 3.63) is 188 Å². The van der Waals surface area contributed by atoms with Crippen LogP contribution in [0.4, 0.5) is 0 Å². The molecule has 0 fully saturated rings. The highest BCUT2D eigenvalue weighted by Gasteiger charge is 2.21. The van der Waals surface area contributed by atoms with E-state index < -0.39 is 0 Å². The Balaban J connectivity index is 1.29. The first-order valence-corrected chi connectivity index (χ1v) is 17.8. The van der Waals surface area contributed by atoms with Gasteiger partial charge in [-0.1, -0.05) is 152 Å². The zero-order valence-corrected chi connectivity index (χ0v) is 28.6. The van der Waals surface area contributed by atoms with Crippen LogP contribution in [0.2, 0.25) is 0 Å². The number of nitrogens with zero attached hydrogens (tertiary/aromatic N) is 3. The van der Waals surface area contributed by atoms with Crippen LogP contribution in [0.1, 0.15) is 0 Å². The summed E-state index contributed by atoms with van der Waals surface area (Å²) >= 11 is 0. The zero-order valence-electron chi connectivity index (χ0n) is 28.6. The molecule has 4 nitrogen and oxygen atoms in total. The van der Waals surface area contributed by atoms with Crippen LogP contribution in [0.25, 0.3) is 100 Å². The lowest BCUT2D eigenvalue weighted by Crippen LogP contribution is -2.00. The van der Waals surface area contributed by atoms with Crippen LogP contribution in [0, 0.1) is 0 Å². The Morgan fingerprint density at radius 2 is 0.792 bits per heavy atom. The van der Waals surface area contributed by atoms with Crippen molar-refractivity contribution in [1.29, 1.82) is 0 Å². The molecular weight excluding hydrogens is 647 g/mol. The summed E-state index contributed by atoms with van der Waals surface area (Å²) in [6.07, 6.45) is 0. The van der Waals surface area contributed by atoms with E-state index in [4.69, 9.17) is 19.4 Å². The summed E-state index contributed by atoms with van der Waals surface area (Å²) in [5, 5.41) is 4.38. The van der Waals surface area contributed by atoms with E-state index in [1.165, 1.54) is 0 Å². The molecule has 248 valence electrons. The standard InChI is InChI=1S/C49H31N3O/c1-5-15-32(16-6-1)37-27-38(33-17-7-2-8-18-33)29-39(28-37)42-30-40(31-43-45-41-24-14-13-19-34(41)25-26-44(45)53-46(42)43)49-51-47(35-20-9-3-10-21-35)50-48(52-49)36-22-11-4-12-23-36/h1-31H. The fourth-order valence-corrected chi connectivity index (χ4v) is 7.31. The van der Waals surface area contributed by atoms with Crippen LogP contribution in [0.3, 0.4) is 0 Å². The lowest BCUT2D eigenvalue weighted by atomic mass is 9.91. The smallest absolute Gasteiger partial charge is 0.164 e. The molecule has 0 N–H and O–H groups in total. The van der Waals surface area contributed by atoms with Crippen molar-refractivity contribution in [3.8, 4) is 67.5 Å². The molecule has 10 aromatic rings. The summed E-state index contributed by atoms with van der Waals surface area (Å²) in [7, 11) is 0. The van der Waals surface area contributed by atoms with E-state index in [1.54, 1.807) is 0 Å². The molecule has 8 aromatic carbocycles. The summed E-state index contributed by atoms with van der Waals surface area (Å²) in [5.41, 5.74) is 11.0. The maximum atomic E-state index is 6.86. The zero-order chi connectivity index (χ0) is 35.1. The summed E-state index contributed by atoms with van der Waals surface area (Å²) in [5.74, 6) is 1.84. The number of benzene rings is 8. The van der Waals surface area contributed by atoms with Crippen LogP contribution in [0.5, 0.6) is 0 Å². The van der Waals surface area contributed by atoms with E-state index in [-0.39, 0.29) is 0 Å². The van der Waals surface area contributed by atoms with E-state index in [2.05, 4.69) is 127 Å². The van der Waals surface area contributed by atoms with E-state index >= 15 is 0 Å². The molecule has 10 rings (SSSR count). The molecule has 2 aromatic heterocycles. The predicted octanol–water partition coefficient (Wildman–Crippen LogP) is 12.9. The van der Waals surface area contributed by atoms with E-state index in [9.17, 15) is 0 Å². The Morgan fingerprint density at radius 1 is 0.321 bits per heavy atom. The van der Waals surface area contributed by atoms with Crippen molar-refractivity contribution in [3.63, 3.8) is 0 Å². The average Bonchev–Trinajstić information content (AvgIpc) is 3.63. The second-order valence-corrected chi connectivity index (χ2v) is 13.2. The van der Waals surface area contributed by atoms with Crippen LogP contribution < -0.4 is 0 Å². The molecule has 0 aliphatic carbocycles. The molecule has 0 amide bonds. The van der Waals surface area contributed by atoms with Gasteiger partial charge in [-0.05, 0) is 75.0 Å². The Morgan fingerprint density at radius 3 is 1.36 bits per heavy atom. The molecule has 0 radical (unpaired) electrons. The number of fused-ring (bicyclic) bond motifs is 5. The molecule has 0 saturated heterocycles. The van der Waals surface area contributed by atoms with Crippen molar-refractivity contribution < 1.29 is 4.42 Å². The number of hydrogen-bond donors (Lipinski definition) is 0. The largest absolute Gasteiger partial charge is 0.455 e. The molecule has 0 saturated carbocycles. The minimum absolute atomic E-state index is 0.595. The van der Waals surface area contributed by atoms with E-state index in [1.807, 2.05) is 60.7 Å². The monoisotopic (exact) mass is 677 g/mol. The fourth-order valence-electron chi connectivity index (χ4n) is 7.31. The van der Waals surface area contributed by atoms with Gasteiger partial charge in [0.15, 0.2) is 17.5 Å². The van der Waals surface area contributed by atoms with Crippen molar-refractivity contribution in [2.45, 2.75) is 0 Å². The van der Waals surface area contributed by atoms with Gasteiger partial charge in [0, 0.05) is 33.0 Å². The highest BCUT2D eigenvalue weighted by Crippen LogP contribution is 2.43. The van der Waals surface area contributed by atoms with Gasteiger partial charge in [0.1, 0.15) is 11.2 Å². The predicted molar refractivity (Wildman–Crippen MR) is 217 cm³/mol. The van der Waals surface area contributed by atoms with Crippen LogP contribution in [-0.4, -0.2) is 15.0 Å². The van der Waals surface area contributed by atoms with Crippen LogP contribution >= 0.6 is 0 Å². The molecule has 0 unspecified atom stereocenters. The van der Waals surface area contributed by atoms with Gasteiger partial charge >= 0.3 is 0 Å². The Hall–Kier alpha value is -7.17. The highest BCUT2D eigenvalue weighted by atomic mass is 16.3. The third-order valence-electron chi connectivity index (χ3n) is 9.88. The summed E-state index contributed by atoms with van der Waals surface area (Å²) in [4.78, 5) is 15.3. The van der Waals surface area contributed by atoms with Crippen molar-refractivity contribution in [2.24, 2.45) is 0 Å². The lowest BCUT2D eigenvalue weighted by Gasteiger charge is -2.13. The molecule has 0 aliphatic rings. The third kappa shape index (κ3) is 5.63. The maximum Gasteiger partial charge on any atom is 0.164 e. The maximum absolute atomic E-state index is 6.86. The summed E-state index contributed by atoms with van der Waals surface area (Å²) in [6, 6.07) is 65.2. The second-order valence-electron chi connectivity index (χ2n) is 13.2. The van der Waals surface area contributed by atoms with Crippen LogP contribution in [-0.2, 0) is 0 Å². The molecule has 0 aliphatic heterocycles. The summed E-state index contributed by atoms with van der Waals surface area (Å²) < 4.78 is 6.86. The second kappa shape index (κ2) is 12.9. The number of aromatic nitrogens is 3. The number of furan rings is 1. The molecule has 0 bridgehead atoms. The van der Waals surface area contributed by atoms with Gasteiger partial charge in [-0.2, -0.15) is 0 Å². The summed E-state index contributed by atoms with van der Waals surface area (Å²) in [6.45, 7) is 0. The Labute approximate surface area is 306 Å². The third-order valence-corrected chi connectivity index (χ3v) is 9.88. The van der Waals surface area contributed by atoms with E-state index in [0.717, 1.165) is 82.8 Å². The van der Waals surface area contributed by atoms with Gasteiger partial charge in [0.25, 0.3) is 0 Å². The quantitative estimate of drug-likeness (QED) is 0.176. The molecule has 53 heavy (non-hydrogen) atoms. The minimum Gasteiger partial charge on any atom is -0.455 e. The highest BCUT2D eigenvalue weighted by molar-refractivity contribution is 6.21. The fraction of sp³-hybridized carbons (Fsp3) is 0. The lowest BCUT2D eigenvalue weighted by molar-refractivity contribution is 0.670. The first kappa shape index (κ1) is 30.6. The SMILES string of the molecule is c1ccc(-c2cc(-c3ccccc3)cc(-c3cc(-c4nc(-c5ccccc5)nc(-c5ccccc5)n4)cc4c3oc3ccc5ccccc5c34)c2)cc1. The Bertz CT molecular complexity index is 2810. The normalized spacial score (nSPS) is 11.4. The first-order valence-electron chi connectivity index (χ1n) is 17.8. The topological polar surface area (TPSA) is 51.8 Å². The van der Waals surface area contributed by atoms with Crippen LogP contribution in [0.15, 0.2) is 192 Å². The van der Waals surface area contributed by atoms with Crippen molar-refractivity contribution in [2.75, 3.05) is 0 Å². The van der Waals surface area contributed by atoms with Gasteiger partial charge < -0.3 is 4.42 Å². The van der Waals surface area contributed by atoms with Gasteiger partial charge in [0.2, 0.25) is 0 Å². The average molecular weight is 678 g/mol. The van der Waals surface area contributed by atoms with Crippen molar-refractivity contribution >= 4 is 32.7 Å². The van der Waals surface area contributed by atoms with Gasteiger partial charge in [-0.3, -0.25) is 0 Å². The van der Waals surface area contributed by atoms with Gasteiger partial charge in [0.05, 0.1) is 0 Å². The first-order chi connectivity index (χ1) is 26.2. The molecular formula is C49H31N3O. The number of rotatable bonds is 6. The molecule has 0 atom stereocenters. The molecule has 0 spiro atoms. The minimum atomic E-state index is 0.595. The Kier molecular flexibility index (Phi) is 7.43. The number of hydrogen-bond acceptors (Lipinski definition) is 4. The molecule has 2 heterocycles. The van der Waals surface area contributed by atoms with Gasteiger partial charge in [-0.15, -0.1) is 0 Å². The van der Waals surface area contributed by atoms with Gasteiger partial charge in [-0.25, -0.2) is 15.0 Å². The van der Waals surface area contributed by atoms with Crippen molar-refractivity contribution in [1.82, 2.24) is 15.0 Å².